The van der Waals surface area contributed by atoms with Crippen LogP contribution >= 0.6 is 0 Å². The van der Waals surface area contributed by atoms with E-state index in [-0.39, 0.29) is 11.9 Å². The lowest BCUT2D eigenvalue weighted by Crippen LogP contribution is -2.13. The van der Waals surface area contributed by atoms with E-state index in [4.69, 9.17) is 5.11 Å². The lowest BCUT2D eigenvalue weighted by atomic mass is 9.95. The summed E-state index contributed by atoms with van der Waals surface area (Å²) in [4.78, 5) is 21.8. The van der Waals surface area contributed by atoms with E-state index in [0.717, 1.165) is 44.9 Å². The molecule has 100 valence electrons. The largest absolute Gasteiger partial charge is 0.481 e. The van der Waals surface area contributed by atoms with E-state index in [9.17, 15) is 9.59 Å². The zero-order chi connectivity index (χ0) is 13.1. The summed E-state index contributed by atoms with van der Waals surface area (Å²) in [6.45, 7) is 2.06. The molecule has 0 aliphatic carbocycles. The van der Waals surface area contributed by atoms with Gasteiger partial charge in [0.15, 0.2) is 0 Å². The van der Waals surface area contributed by atoms with Crippen LogP contribution in [0, 0.1) is 5.92 Å². The van der Waals surface area contributed by atoms with Crippen LogP contribution in [-0.4, -0.2) is 24.2 Å². The summed E-state index contributed by atoms with van der Waals surface area (Å²) in [6.07, 6.45) is 6.48. The molecule has 1 N–H and O–H groups in total. The number of esters is 1. The maximum absolute atomic E-state index is 10.9. The highest BCUT2D eigenvalue weighted by Crippen LogP contribution is 2.17. The average molecular weight is 244 g/mol. The molecule has 0 aliphatic rings. The summed E-state index contributed by atoms with van der Waals surface area (Å²) in [5.41, 5.74) is 0. The summed E-state index contributed by atoms with van der Waals surface area (Å²) in [6, 6.07) is 0. The second-order valence-electron chi connectivity index (χ2n) is 4.35. The molecule has 0 bridgehead atoms. The molecular formula is C13H24O4. The maximum Gasteiger partial charge on any atom is 0.306 e. The minimum Gasteiger partial charge on any atom is -0.481 e. The van der Waals surface area contributed by atoms with Gasteiger partial charge >= 0.3 is 11.9 Å². The first-order chi connectivity index (χ1) is 8.11. The van der Waals surface area contributed by atoms with Gasteiger partial charge in [-0.05, 0) is 19.3 Å². The fourth-order valence-electron chi connectivity index (χ4n) is 1.78. The molecule has 0 saturated carbocycles. The lowest BCUT2D eigenvalue weighted by Gasteiger charge is -2.11. The van der Waals surface area contributed by atoms with E-state index < -0.39 is 5.97 Å². The Kier molecular flexibility index (Phi) is 9.49. The molecule has 0 rings (SSSR count). The number of rotatable bonds is 10. The third kappa shape index (κ3) is 8.72. The van der Waals surface area contributed by atoms with Crippen molar-refractivity contribution in [2.75, 3.05) is 7.11 Å². The van der Waals surface area contributed by atoms with Crippen molar-refractivity contribution in [1.29, 1.82) is 0 Å². The van der Waals surface area contributed by atoms with Crippen LogP contribution in [-0.2, 0) is 14.3 Å². The average Bonchev–Trinajstić information content (AvgIpc) is 2.31. The molecule has 0 heterocycles. The van der Waals surface area contributed by atoms with Crippen LogP contribution in [0.25, 0.3) is 0 Å². The Hall–Kier alpha value is -1.06. The topological polar surface area (TPSA) is 63.6 Å². The Balaban J connectivity index is 3.61. The van der Waals surface area contributed by atoms with Crippen LogP contribution in [0.1, 0.15) is 58.3 Å². The molecule has 0 aromatic heterocycles. The number of aliphatic carboxylic acids is 1. The van der Waals surface area contributed by atoms with Crippen molar-refractivity contribution in [3.05, 3.63) is 0 Å². The Labute approximate surface area is 103 Å². The summed E-state index contributed by atoms with van der Waals surface area (Å²) < 4.78 is 4.54. The SMILES string of the molecule is CCCCC(CCCCCC(=O)OC)C(=O)O. The van der Waals surface area contributed by atoms with Gasteiger partial charge in [0.25, 0.3) is 0 Å². The zero-order valence-electron chi connectivity index (χ0n) is 10.9. The second kappa shape index (κ2) is 10.1. The number of unbranched alkanes of at least 4 members (excludes halogenated alkanes) is 3. The van der Waals surface area contributed by atoms with Crippen molar-refractivity contribution in [3.63, 3.8) is 0 Å². The summed E-state index contributed by atoms with van der Waals surface area (Å²) in [5, 5.41) is 9.01. The van der Waals surface area contributed by atoms with Gasteiger partial charge in [-0.2, -0.15) is 0 Å². The van der Waals surface area contributed by atoms with Gasteiger partial charge in [-0.3, -0.25) is 9.59 Å². The first-order valence-corrected chi connectivity index (χ1v) is 6.41. The van der Waals surface area contributed by atoms with Gasteiger partial charge in [0, 0.05) is 6.42 Å². The van der Waals surface area contributed by atoms with Crippen LogP contribution in [0.2, 0.25) is 0 Å². The van der Waals surface area contributed by atoms with Crippen molar-refractivity contribution >= 4 is 11.9 Å². The smallest absolute Gasteiger partial charge is 0.306 e. The molecule has 1 atom stereocenters. The number of carboxylic acids is 1. The third-order valence-electron chi connectivity index (χ3n) is 2.92. The van der Waals surface area contributed by atoms with Crippen molar-refractivity contribution in [2.45, 2.75) is 58.3 Å². The van der Waals surface area contributed by atoms with Crippen LogP contribution in [0.5, 0.6) is 0 Å². The number of carboxylic acid groups (broad SMARTS) is 1. The lowest BCUT2D eigenvalue weighted by molar-refractivity contribution is -0.143. The van der Waals surface area contributed by atoms with E-state index in [1.54, 1.807) is 0 Å². The number of methoxy groups -OCH3 is 1. The van der Waals surface area contributed by atoms with Gasteiger partial charge in [0.2, 0.25) is 0 Å². The minimum absolute atomic E-state index is 0.189. The summed E-state index contributed by atoms with van der Waals surface area (Å²) in [5.74, 6) is -1.09. The zero-order valence-corrected chi connectivity index (χ0v) is 10.9. The highest BCUT2D eigenvalue weighted by atomic mass is 16.5. The maximum atomic E-state index is 10.9. The molecule has 0 saturated heterocycles. The van der Waals surface area contributed by atoms with E-state index in [1.807, 2.05) is 0 Å². The van der Waals surface area contributed by atoms with Crippen LogP contribution in [0.3, 0.4) is 0 Å². The molecule has 0 aromatic rings. The summed E-state index contributed by atoms with van der Waals surface area (Å²) >= 11 is 0. The Morgan fingerprint density at radius 2 is 1.76 bits per heavy atom. The van der Waals surface area contributed by atoms with Crippen molar-refractivity contribution in [1.82, 2.24) is 0 Å². The predicted molar refractivity (Wildman–Crippen MR) is 65.8 cm³/mol. The molecule has 0 fully saturated rings. The first-order valence-electron chi connectivity index (χ1n) is 6.41. The van der Waals surface area contributed by atoms with E-state index in [0.29, 0.717) is 6.42 Å². The normalized spacial score (nSPS) is 12.1. The summed E-state index contributed by atoms with van der Waals surface area (Å²) in [7, 11) is 1.38. The molecule has 17 heavy (non-hydrogen) atoms. The van der Waals surface area contributed by atoms with Crippen LogP contribution in [0.15, 0.2) is 0 Å². The number of carbonyl (C=O) groups is 2. The fraction of sp³-hybridized carbons (Fsp3) is 0.846. The first kappa shape index (κ1) is 15.9. The quantitative estimate of drug-likeness (QED) is 0.474. The molecule has 0 aromatic carbocycles. The van der Waals surface area contributed by atoms with Crippen LogP contribution < -0.4 is 0 Å². The van der Waals surface area contributed by atoms with Gasteiger partial charge in [0.1, 0.15) is 0 Å². The Morgan fingerprint density at radius 3 is 2.29 bits per heavy atom. The van der Waals surface area contributed by atoms with Gasteiger partial charge < -0.3 is 9.84 Å². The molecular weight excluding hydrogens is 220 g/mol. The van der Waals surface area contributed by atoms with Crippen molar-refractivity contribution in [2.24, 2.45) is 5.92 Å². The fourth-order valence-corrected chi connectivity index (χ4v) is 1.78. The standard InChI is InChI=1S/C13H24O4/c1-3-4-8-11(13(15)16)9-6-5-7-10-12(14)17-2/h11H,3-10H2,1-2H3,(H,15,16). The van der Waals surface area contributed by atoms with Crippen molar-refractivity contribution in [3.8, 4) is 0 Å². The van der Waals surface area contributed by atoms with E-state index in [1.165, 1.54) is 7.11 Å². The number of carbonyl (C=O) groups excluding carboxylic acids is 1. The van der Waals surface area contributed by atoms with Gasteiger partial charge in [0.05, 0.1) is 13.0 Å². The molecule has 1 unspecified atom stereocenters. The molecule has 0 spiro atoms. The second-order valence-corrected chi connectivity index (χ2v) is 4.35. The third-order valence-corrected chi connectivity index (χ3v) is 2.92. The van der Waals surface area contributed by atoms with Gasteiger partial charge in [-0.1, -0.05) is 32.6 Å². The van der Waals surface area contributed by atoms with Gasteiger partial charge in [-0.15, -0.1) is 0 Å². The Morgan fingerprint density at radius 1 is 1.12 bits per heavy atom. The highest BCUT2D eigenvalue weighted by Gasteiger charge is 2.15. The highest BCUT2D eigenvalue weighted by molar-refractivity contribution is 5.70. The van der Waals surface area contributed by atoms with Crippen LogP contribution in [0.4, 0.5) is 0 Å². The molecule has 0 amide bonds. The molecule has 4 heteroatoms. The molecule has 0 radical (unpaired) electrons. The van der Waals surface area contributed by atoms with E-state index >= 15 is 0 Å². The number of hydrogen-bond donors (Lipinski definition) is 1. The van der Waals surface area contributed by atoms with Gasteiger partial charge in [-0.25, -0.2) is 0 Å². The molecule has 4 nitrogen and oxygen atoms in total. The molecule has 0 aliphatic heterocycles. The Bertz CT molecular complexity index is 225. The minimum atomic E-state index is -0.689. The van der Waals surface area contributed by atoms with Crippen molar-refractivity contribution < 1.29 is 19.4 Å². The monoisotopic (exact) mass is 244 g/mol. The van der Waals surface area contributed by atoms with E-state index in [2.05, 4.69) is 11.7 Å². The number of ether oxygens (including phenoxy) is 1. The number of hydrogen-bond acceptors (Lipinski definition) is 3. The predicted octanol–water partition coefficient (Wildman–Crippen LogP) is 3.00.